The van der Waals surface area contributed by atoms with Gasteiger partial charge in [0.2, 0.25) is 17.7 Å². The summed E-state index contributed by atoms with van der Waals surface area (Å²) in [5.74, 6) is -1.77. The maximum atomic E-state index is 11.7. The molecule has 4 N–H and O–H groups in total. The second kappa shape index (κ2) is 21.5. The molecule has 0 aliphatic carbocycles. The zero-order chi connectivity index (χ0) is 25.6. The summed E-state index contributed by atoms with van der Waals surface area (Å²) >= 11 is 3.98. The predicted molar refractivity (Wildman–Crippen MR) is 125 cm³/mol. The molecule has 0 aliphatic rings. The summed E-state index contributed by atoms with van der Waals surface area (Å²) in [6.07, 6.45) is 0.873. The lowest BCUT2D eigenvalue weighted by Gasteiger charge is -2.10. The summed E-state index contributed by atoms with van der Waals surface area (Å²) in [6, 6.07) is 0. The molecule has 0 aromatic heterocycles. The molecule has 3 amide bonds. The normalized spacial score (nSPS) is 11.6. The number of rotatable bonds is 23. The van der Waals surface area contributed by atoms with Crippen molar-refractivity contribution >= 4 is 41.9 Å². The van der Waals surface area contributed by atoms with Crippen LogP contribution in [0.15, 0.2) is 0 Å². The van der Waals surface area contributed by atoms with Crippen molar-refractivity contribution in [2.45, 2.75) is 26.2 Å². The number of ether oxygens (including phenoxy) is 4. The van der Waals surface area contributed by atoms with Crippen LogP contribution in [0.4, 0.5) is 0 Å². The van der Waals surface area contributed by atoms with Crippen molar-refractivity contribution < 1.29 is 42.9 Å². The van der Waals surface area contributed by atoms with Gasteiger partial charge in [0, 0.05) is 38.7 Å². The lowest BCUT2D eigenvalue weighted by Crippen LogP contribution is -2.31. The minimum absolute atomic E-state index is 0.00201. The van der Waals surface area contributed by atoms with E-state index in [1.807, 2.05) is 0 Å². The summed E-state index contributed by atoms with van der Waals surface area (Å²) in [4.78, 5) is 56.5. The molecule has 0 unspecified atom stereocenters. The molecule has 0 saturated carbocycles. The summed E-state index contributed by atoms with van der Waals surface area (Å²) in [7, 11) is 0. The number of nitrogens with one attached hydrogen (secondary N) is 2. The van der Waals surface area contributed by atoms with Gasteiger partial charge in [0.15, 0.2) is 11.6 Å². The van der Waals surface area contributed by atoms with Gasteiger partial charge in [0.25, 0.3) is 0 Å². The second-order valence-electron chi connectivity index (χ2n) is 7.26. The number of carbonyl (C=O) groups excluding carboxylic acids is 5. The number of hydrogen-bond acceptors (Lipinski definition) is 10. The highest BCUT2D eigenvalue weighted by Gasteiger charge is 2.17. The minimum Gasteiger partial charge on any atom is -0.379 e. The van der Waals surface area contributed by atoms with Crippen LogP contribution in [0.2, 0.25) is 0 Å². The molecule has 34 heavy (non-hydrogen) atoms. The Bertz CT molecular complexity index is 635. The van der Waals surface area contributed by atoms with Crippen molar-refractivity contribution in [1.82, 2.24) is 10.6 Å². The van der Waals surface area contributed by atoms with E-state index >= 15 is 0 Å². The molecule has 0 fully saturated rings. The highest BCUT2D eigenvalue weighted by atomic mass is 32.1. The van der Waals surface area contributed by atoms with E-state index in [0.29, 0.717) is 32.6 Å². The first-order valence-corrected chi connectivity index (χ1v) is 11.6. The van der Waals surface area contributed by atoms with Gasteiger partial charge in [-0.1, -0.05) is 0 Å². The van der Waals surface area contributed by atoms with E-state index in [4.69, 9.17) is 24.7 Å². The largest absolute Gasteiger partial charge is 0.379 e. The molecule has 0 spiro atoms. The van der Waals surface area contributed by atoms with Crippen LogP contribution in [0.1, 0.15) is 26.2 Å². The lowest BCUT2D eigenvalue weighted by molar-refractivity contribution is -0.129. The summed E-state index contributed by atoms with van der Waals surface area (Å²) in [5.41, 5.74) is 5.16. The third-order valence-electron chi connectivity index (χ3n) is 4.18. The van der Waals surface area contributed by atoms with Crippen LogP contribution in [-0.2, 0) is 42.9 Å². The van der Waals surface area contributed by atoms with Crippen LogP contribution in [0.3, 0.4) is 0 Å². The van der Waals surface area contributed by atoms with Crippen molar-refractivity contribution in [2.24, 2.45) is 11.7 Å². The monoisotopic (exact) mass is 507 g/mol. The SMILES string of the molecule is CC(=O)NCC(=O)CCCOCCOCC(=O)NCCOCCOCC(=O)C[C@H](CS)C(N)=O. The number of primary amides is 1. The van der Waals surface area contributed by atoms with Gasteiger partial charge in [0.1, 0.15) is 13.2 Å². The van der Waals surface area contributed by atoms with Gasteiger partial charge >= 0.3 is 0 Å². The smallest absolute Gasteiger partial charge is 0.246 e. The predicted octanol–water partition coefficient (Wildman–Crippen LogP) is -1.36. The lowest BCUT2D eigenvalue weighted by atomic mass is 10.0. The van der Waals surface area contributed by atoms with E-state index in [1.165, 1.54) is 6.92 Å². The van der Waals surface area contributed by atoms with Crippen molar-refractivity contribution in [3.8, 4) is 0 Å². The van der Waals surface area contributed by atoms with E-state index in [0.717, 1.165) is 0 Å². The Morgan fingerprint density at radius 1 is 0.824 bits per heavy atom. The number of nitrogens with two attached hydrogens (primary N) is 1. The number of thiol groups is 1. The van der Waals surface area contributed by atoms with Gasteiger partial charge in [0.05, 0.1) is 45.5 Å². The molecule has 12 nitrogen and oxygen atoms in total. The Morgan fingerprint density at radius 3 is 2.06 bits per heavy atom. The standard InChI is InChI=1S/C21H37N3O9S/c1-16(25)24-12-18(26)3-2-5-30-7-10-33-14-20(28)23-4-6-31-8-9-32-13-19(27)11-17(15-34)21(22)29/h17,34H,2-15H2,1H3,(H2,22,29)(H,23,28)(H,24,25)/t17-/m1/s1. The Morgan fingerprint density at radius 2 is 1.44 bits per heavy atom. The quantitative estimate of drug-likeness (QED) is 0.0963. The third kappa shape index (κ3) is 20.5. The Kier molecular flexibility index (Phi) is 20.2. The van der Waals surface area contributed by atoms with E-state index in [-0.39, 0.29) is 81.7 Å². The first-order valence-electron chi connectivity index (χ1n) is 11.0. The number of carbonyl (C=O) groups is 5. The first-order chi connectivity index (χ1) is 16.3. The number of amides is 3. The van der Waals surface area contributed by atoms with Gasteiger partial charge in [-0.15, -0.1) is 0 Å². The van der Waals surface area contributed by atoms with E-state index in [2.05, 4.69) is 23.3 Å². The maximum Gasteiger partial charge on any atom is 0.246 e. The first kappa shape index (κ1) is 31.9. The summed E-state index contributed by atoms with van der Waals surface area (Å²) < 4.78 is 21.0. The zero-order valence-electron chi connectivity index (χ0n) is 19.7. The fourth-order valence-electron chi connectivity index (χ4n) is 2.38. The molecule has 196 valence electrons. The molecule has 1 atom stereocenters. The molecule has 0 radical (unpaired) electrons. The summed E-state index contributed by atoms with van der Waals surface area (Å²) in [5, 5.41) is 5.07. The molecule has 0 heterocycles. The van der Waals surface area contributed by atoms with Crippen molar-refractivity contribution in [1.29, 1.82) is 0 Å². The molecule has 0 aromatic rings. The third-order valence-corrected chi connectivity index (χ3v) is 4.63. The molecule has 0 aromatic carbocycles. The van der Waals surface area contributed by atoms with Crippen LogP contribution in [0.5, 0.6) is 0 Å². The van der Waals surface area contributed by atoms with Crippen molar-refractivity contribution in [2.75, 3.05) is 71.7 Å². The fourth-order valence-corrected chi connectivity index (χ4v) is 2.69. The molecule has 0 saturated heterocycles. The highest BCUT2D eigenvalue weighted by molar-refractivity contribution is 7.80. The van der Waals surface area contributed by atoms with Gasteiger partial charge in [-0.3, -0.25) is 24.0 Å². The topological polar surface area (TPSA) is 172 Å². The van der Waals surface area contributed by atoms with E-state index in [9.17, 15) is 24.0 Å². The number of ketones is 2. The molecule has 0 aliphatic heterocycles. The highest BCUT2D eigenvalue weighted by Crippen LogP contribution is 2.05. The van der Waals surface area contributed by atoms with Crippen LogP contribution >= 0.6 is 12.6 Å². The van der Waals surface area contributed by atoms with Crippen LogP contribution < -0.4 is 16.4 Å². The van der Waals surface area contributed by atoms with Gasteiger partial charge in [-0.25, -0.2) is 0 Å². The van der Waals surface area contributed by atoms with Gasteiger partial charge in [-0.05, 0) is 6.42 Å². The Hall–Kier alpha value is -2.06. The molecule has 0 bridgehead atoms. The molecule has 13 heteroatoms. The Labute approximate surface area is 205 Å². The molecular weight excluding hydrogens is 470 g/mol. The van der Waals surface area contributed by atoms with E-state index < -0.39 is 11.8 Å². The van der Waals surface area contributed by atoms with Gasteiger partial charge in [-0.2, -0.15) is 12.6 Å². The number of Topliss-reactive ketones (excluding diaryl/α,β-unsaturated/α-hetero) is 2. The van der Waals surface area contributed by atoms with Crippen LogP contribution in [0.25, 0.3) is 0 Å². The van der Waals surface area contributed by atoms with E-state index in [1.54, 1.807) is 0 Å². The van der Waals surface area contributed by atoms with Gasteiger partial charge < -0.3 is 35.3 Å². The maximum absolute atomic E-state index is 11.7. The average molecular weight is 508 g/mol. The Balaban J connectivity index is 3.44. The zero-order valence-corrected chi connectivity index (χ0v) is 20.6. The number of hydrogen-bond donors (Lipinski definition) is 4. The average Bonchev–Trinajstić information content (AvgIpc) is 2.79. The minimum atomic E-state index is -0.597. The second-order valence-corrected chi connectivity index (χ2v) is 7.62. The van der Waals surface area contributed by atoms with Crippen LogP contribution in [-0.4, -0.2) is 101 Å². The fraction of sp³-hybridized carbons (Fsp3) is 0.762. The summed E-state index contributed by atoms with van der Waals surface area (Å²) in [6.45, 7) is 3.11. The molecule has 0 rings (SSSR count). The van der Waals surface area contributed by atoms with Crippen molar-refractivity contribution in [3.63, 3.8) is 0 Å². The molecular formula is C21H37N3O9S. The van der Waals surface area contributed by atoms with Crippen LogP contribution in [0, 0.1) is 5.92 Å². The van der Waals surface area contributed by atoms with Crippen molar-refractivity contribution in [3.05, 3.63) is 0 Å².